The Morgan fingerprint density at radius 2 is 1.76 bits per heavy atom. The van der Waals surface area contributed by atoms with E-state index < -0.39 is 0 Å². The van der Waals surface area contributed by atoms with Crippen molar-refractivity contribution in [1.82, 2.24) is 5.32 Å². The van der Waals surface area contributed by atoms with Crippen molar-refractivity contribution in [3.05, 3.63) is 65.7 Å². The highest BCUT2D eigenvalue weighted by Gasteiger charge is 2.11. The lowest BCUT2D eigenvalue weighted by atomic mass is 10.1. The monoisotopic (exact) mass is 341 g/mol. The maximum atomic E-state index is 12.0. The van der Waals surface area contributed by atoms with Crippen LogP contribution in [0, 0.1) is 0 Å². The predicted octanol–water partition coefficient (Wildman–Crippen LogP) is 3.22. The molecule has 132 valence electrons. The molecule has 5 nitrogen and oxygen atoms in total. The minimum Gasteiger partial charge on any atom is -0.497 e. The van der Waals surface area contributed by atoms with Gasteiger partial charge < -0.3 is 19.5 Å². The lowest BCUT2D eigenvalue weighted by Gasteiger charge is -2.16. The van der Waals surface area contributed by atoms with Crippen LogP contribution in [0.3, 0.4) is 0 Å². The van der Waals surface area contributed by atoms with Crippen LogP contribution in [-0.4, -0.2) is 33.8 Å². The van der Waals surface area contributed by atoms with Crippen LogP contribution in [-0.2, 0) is 9.53 Å². The molecule has 1 atom stereocenters. The maximum absolute atomic E-state index is 12.0. The third kappa shape index (κ3) is 5.65. The molecule has 0 aliphatic heterocycles. The van der Waals surface area contributed by atoms with E-state index in [4.69, 9.17) is 14.2 Å². The number of methoxy groups -OCH3 is 3. The number of hydrogen-bond acceptors (Lipinski definition) is 4. The zero-order valence-electron chi connectivity index (χ0n) is 14.7. The Balaban J connectivity index is 1.91. The maximum Gasteiger partial charge on any atom is 0.244 e. The van der Waals surface area contributed by atoms with Crippen LogP contribution in [0.1, 0.15) is 17.2 Å². The van der Waals surface area contributed by atoms with Crippen molar-refractivity contribution in [2.45, 2.75) is 6.10 Å². The van der Waals surface area contributed by atoms with Gasteiger partial charge in [0.1, 0.15) is 11.5 Å². The second-order valence-corrected chi connectivity index (χ2v) is 5.35. The van der Waals surface area contributed by atoms with Gasteiger partial charge in [0.2, 0.25) is 5.91 Å². The van der Waals surface area contributed by atoms with Crippen LogP contribution in [0.2, 0.25) is 0 Å². The molecule has 1 amide bonds. The van der Waals surface area contributed by atoms with Crippen LogP contribution < -0.4 is 14.8 Å². The van der Waals surface area contributed by atoms with Gasteiger partial charge in [0, 0.05) is 19.7 Å². The first-order valence-electron chi connectivity index (χ1n) is 7.93. The minimum atomic E-state index is -0.222. The van der Waals surface area contributed by atoms with Crippen LogP contribution in [0.25, 0.3) is 6.08 Å². The molecule has 0 aromatic heterocycles. The van der Waals surface area contributed by atoms with Crippen molar-refractivity contribution in [3.63, 3.8) is 0 Å². The average Bonchev–Trinajstić information content (AvgIpc) is 2.67. The summed E-state index contributed by atoms with van der Waals surface area (Å²) >= 11 is 0. The Hall–Kier alpha value is -2.79. The topological polar surface area (TPSA) is 56.8 Å². The summed E-state index contributed by atoms with van der Waals surface area (Å²) in [4.78, 5) is 12.0. The number of amides is 1. The minimum absolute atomic E-state index is 0.182. The van der Waals surface area contributed by atoms with E-state index in [1.807, 2.05) is 48.5 Å². The summed E-state index contributed by atoms with van der Waals surface area (Å²) in [6, 6.07) is 15.1. The summed E-state index contributed by atoms with van der Waals surface area (Å²) in [6.07, 6.45) is 3.02. The highest BCUT2D eigenvalue weighted by molar-refractivity contribution is 5.91. The number of hydrogen-bond donors (Lipinski definition) is 1. The zero-order chi connectivity index (χ0) is 18.1. The molecule has 1 N–H and O–H groups in total. The number of carbonyl (C=O) groups is 1. The molecule has 2 aromatic rings. The smallest absolute Gasteiger partial charge is 0.244 e. The molecule has 25 heavy (non-hydrogen) atoms. The van der Waals surface area contributed by atoms with Gasteiger partial charge in [0.25, 0.3) is 0 Å². The summed E-state index contributed by atoms with van der Waals surface area (Å²) in [7, 11) is 4.85. The third-order valence-electron chi connectivity index (χ3n) is 3.75. The second-order valence-electron chi connectivity index (χ2n) is 5.35. The van der Waals surface area contributed by atoms with Gasteiger partial charge >= 0.3 is 0 Å². The quantitative estimate of drug-likeness (QED) is 0.749. The molecule has 0 heterocycles. The Bertz CT molecular complexity index is 710. The van der Waals surface area contributed by atoms with Gasteiger partial charge in [-0.25, -0.2) is 0 Å². The van der Waals surface area contributed by atoms with Gasteiger partial charge in [0.05, 0.1) is 20.3 Å². The van der Waals surface area contributed by atoms with Crippen molar-refractivity contribution < 1.29 is 19.0 Å². The van der Waals surface area contributed by atoms with E-state index >= 15 is 0 Å². The lowest BCUT2D eigenvalue weighted by Crippen LogP contribution is -2.27. The first-order valence-corrected chi connectivity index (χ1v) is 7.93. The van der Waals surface area contributed by atoms with E-state index in [1.54, 1.807) is 27.4 Å². The van der Waals surface area contributed by atoms with E-state index in [-0.39, 0.29) is 12.0 Å². The number of ether oxygens (including phenoxy) is 3. The van der Waals surface area contributed by atoms with E-state index in [0.717, 1.165) is 22.6 Å². The molecule has 2 rings (SSSR count). The summed E-state index contributed by atoms with van der Waals surface area (Å²) in [5.41, 5.74) is 1.87. The highest BCUT2D eigenvalue weighted by atomic mass is 16.5. The molecule has 5 heteroatoms. The standard InChI is InChI=1S/C20H23NO4/c1-23-17-10-8-16(9-11-17)19(25-3)14-21-20(22)12-7-15-5-4-6-18(13-15)24-2/h4-13,19H,14H2,1-3H3,(H,21,22)/b12-7+/t19-/m1/s1. The molecule has 0 aliphatic rings. The first kappa shape index (κ1) is 18.5. The van der Waals surface area contributed by atoms with E-state index in [1.165, 1.54) is 6.08 Å². The summed E-state index contributed by atoms with van der Waals surface area (Å²) < 4.78 is 15.8. The number of benzene rings is 2. The largest absolute Gasteiger partial charge is 0.497 e. The third-order valence-corrected chi connectivity index (χ3v) is 3.75. The second kappa shape index (κ2) is 9.49. The van der Waals surface area contributed by atoms with Crippen molar-refractivity contribution in [2.24, 2.45) is 0 Å². The summed E-state index contributed by atoms with van der Waals surface area (Å²) in [5.74, 6) is 1.35. The molecule has 0 fully saturated rings. The fourth-order valence-electron chi connectivity index (χ4n) is 2.33. The molecule has 2 aromatic carbocycles. The molecular formula is C20H23NO4. The van der Waals surface area contributed by atoms with Gasteiger partial charge in [-0.2, -0.15) is 0 Å². The summed E-state index contributed by atoms with van der Waals surface area (Å²) in [5, 5.41) is 2.85. The van der Waals surface area contributed by atoms with Crippen molar-refractivity contribution in [1.29, 1.82) is 0 Å². The van der Waals surface area contributed by atoms with Crippen LogP contribution in [0.5, 0.6) is 11.5 Å². The molecule has 0 saturated heterocycles. The molecule has 0 spiro atoms. The number of rotatable bonds is 8. The van der Waals surface area contributed by atoms with Gasteiger partial charge in [0.15, 0.2) is 0 Å². The van der Waals surface area contributed by atoms with Crippen LogP contribution in [0.15, 0.2) is 54.6 Å². The number of nitrogens with one attached hydrogen (secondary N) is 1. The fourth-order valence-corrected chi connectivity index (χ4v) is 2.33. The van der Waals surface area contributed by atoms with E-state index in [9.17, 15) is 4.79 Å². The van der Waals surface area contributed by atoms with Crippen molar-refractivity contribution in [3.8, 4) is 11.5 Å². The van der Waals surface area contributed by atoms with Crippen molar-refractivity contribution >= 4 is 12.0 Å². The van der Waals surface area contributed by atoms with Gasteiger partial charge in [-0.3, -0.25) is 4.79 Å². The van der Waals surface area contributed by atoms with Gasteiger partial charge in [-0.15, -0.1) is 0 Å². The molecule has 0 aliphatic carbocycles. The van der Waals surface area contributed by atoms with Gasteiger partial charge in [-0.1, -0.05) is 24.3 Å². The van der Waals surface area contributed by atoms with Crippen LogP contribution >= 0.6 is 0 Å². The van der Waals surface area contributed by atoms with E-state index in [0.29, 0.717) is 6.54 Å². The fraction of sp³-hybridized carbons (Fsp3) is 0.250. The first-order chi connectivity index (χ1) is 12.2. The summed E-state index contributed by atoms with van der Waals surface area (Å²) in [6.45, 7) is 0.379. The number of carbonyl (C=O) groups excluding carboxylic acids is 1. The van der Waals surface area contributed by atoms with Crippen molar-refractivity contribution in [2.75, 3.05) is 27.9 Å². The Labute approximate surface area is 148 Å². The Kier molecular flexibility index (Phi) is 7.04. The molecule has 0 radical (unpaired) electrons. The Morgan fingerprint density at radius 3 is 2.40 bits per heavy atom. The zero-order valence-corrected chi connectivity index (χ0v) is 14.7. The van der Waals surface area contributed by atoms with Gasteiger partial charge in [-0.05, 0) is 41.5 Å². The highest BCUT2D eigenvalue weighted by Crippen LogP contribution is 2.19. The molecule has 0 unspecified atom stereocenters. The van der Waals surface area contributed by atoms with Crippen LogP contribution in [0.4, 0.5) is 0 Å². The average molecular weight is 341 g/mol. The predicted molar refractivity (Wildman–Crippen MR) is 97.8 cm³/mol. The Morgan fingerprint density at radius 1 is 1.04 bits per heavy atom. The normalized spacial score (nSPS) is 12.0. The molecular weight excluding hydrogens is 318 g/mol. The molecule has 0 saturated carbocycles. The SMILES string of the molecule is COc1ccc([C@@H](CNC(=O)/C=C/c2cccc(OC)c2)OC)cc1. The van der Waals surface area contributed by atoms with E-state index in [2.05, 4.69) is 5.32 Å². The lowest BCUT2D eigenvalue weighted by molar-refractivity contribution is -0.117. The molecule has 0 bridgehead atoms.